The topological polar surface area (TPSA) is 79.5 Å². The Morgan fingerprint density at radius 3 is 2.46 bits per heavy atom. The Morgan fingerprint density at radius 2 is 1.74 bits per heavy atom. The second kappa shape index (κ2) is 9.30. The van der Waals surface area contributed by atoms with Crippen molar-refractivity contribution in [2.75, 3.05) is 0 Å². The number of benzene rings is 3. The maximum atomic E-state index is 14.7. The summed E-state index contributed by atoms with van der Waals surface area (Å²) in [5.74, 6) is -1.67. The molecule has 1 aliphatic heterocycles. The zero-order valence-electron chi connectivity index (χ0n) is 20.8. The van der Waals surface area contributed by atoms with Gasteiger partial charge in [-0.15, -0.1) is 0 Å². The van der Waals surface area contributed by atoms with E-state index in [0.717, 1.165) is 30.3 Å². The van der Waals surface area contributed by atoms with Crippen molar-refractivity contribution in [3.05, 3.63) is 82.7 Å². The molecule has 0 unspecified atom stereocenters. The largest absolute Gasteiger partial charge is 0.481 e. The molecule has 0 bridgehead atoms. The van der Waals surface area contributed by atoms with Crippen molar-refractivity contribution in [1.29, 1.82) is 0 Å². The molecule has 1 saturated carbocycles. The van der Waals surface area contributed by atoms with Crippen LogP contribution in [0.3, 0.4) is 0 Å². The van der Waals surface area contributed by atoms with Crippen LogP contribution in [-0.4, -0.2) is 32.2 Å². The molecule has 6 rings (SSSR count). The summed E-state index contributed by atoms with van der Waals surface area (Å²) in [6, 6.07) is 14.3. The van der Waals surface area contributed by atoms with Crippen molar-refractivity contribution in [3.8, 4) is 34.0 Å². The monoisotopic (exact) mass is 537 g/mol. The Bertz CT molecular complexity index is 1590. The van der Waals surface area contributed by atoms with Gasteiger partial charge in [-0.3, -0.25) is 9.69 Å². The number of carboxylic acid groups (broad SMARTS) is 1. The van der Waals surface area contributed by atoms with Crippen LogP contribution in [0.15, 0.2) is 59.1 Å². The highest BCUT2D eigenvalue weighted by atomic mass is 19.4. The number of carboxylic acids is 1. The lowest BCUT2D eigenvalue weighted by Crippen LogP contribution is -2.44. The van der Waals surface area contributed by atoms with Gasteiger partial charge in [-0.25, -0.2) is 4.39 Å². The van der Waals surface area contributed by atoms with Gasteiger partial charge in [0.25, 0.3) is 5.89 Å². The van der Waals surface area contributed by atoms with Gasteiger partial charge in [-0.2, -0.15) is 18.2 Å². The predicted molar refractivity (Wildman–Crippen MR) is 134 cm³/mol. The van der Waals surface area contributed by atoms with Gasteiger partial charge in [0, 0.05) is 35.8 Å². The van der Waals surface area contributed by atoms with Crippen molar-refractivity contribution in [2.24, 2.45) is 5.92 Å². The van der Waals surface area contributed by atoms with Crippen molar-refractivity contribution >= 4 is 5.97 Å². The first-order valence-corrected chi connectivity index (χ1v) is 12.5. The number of rotatable bonds is 5. The Kier molecular flexibility index (Phi) is 6.02. The number of fused-ring (bicyclic) bond motifs is 1. The molecule has 200 valence electrons. The summed E-state index contributed by atoms with van der Waals surface area (Å²) in [4.78, 5) is 17.9. The number of nitrogens with zero attached hydrogens (tertiary/aromatic N) is 3. The summed E-state index contributed by atoms with van der Waals surface area (Å²) in [5.41, 5.74) is 3.13. The summed E-state index contributed by atoms with van der Waals surface area (Å²) in [7, 11) is 0. The molecule has 0 spiro atoms. The minimum Gasteiger partial charge on any atom is -0.481 e. The van der Waals surface area contributed by atoms with E-state index in [0.29, 0.717) is 35.4 Å². The highest BCUT2D eigenvalue weighted by Gasteiger charge is 2.40. The SMILES string of the molecule is Cc1cc(-c2nc(-c3ccc4c(c3)CN(C3CC(C(=O)O)C3)C4)no2)ccc1-c1cccc(C(F)(F)F)c1F. The molecule has 0 atom stereocenters. The van der Waals surface area contributed by atoms with Gasteiger partial charge in [-0.1, -0.05) is 35.5 Å². The van der Waals surface area contributed by atoms with E-state index >= 15 is 0 Å². The molecule has 10 heteroatoms. The van der Waals surface area contributed by atoms with Crippen LogP contribution in [0.2, 0.25) is 0 Å². The molecular formula is C29H23F4N3O3. The van der Waals surface area contributed by atoms with E-state index in [9.17, 15) is 22.4 Å². The Labute approximate surface area is 220 Å². The van der Waals surface area contributed by atoms with Crippen molar-refractivity contribution in [1.82, 2.24) is 15.0 Å². The number of alkyl halides is 3. The van der Waals surface area contributed by atoms with E-state index in [4.69, 9.17) is 9.63 Å². The summed E-state index contributed by atoms with van der Waals surface area (Å²) >= 11 is 0. The molecule has 39 heavy (non-hydrogen) atoms. The predicted octanol–water partition coefficient (Wildman–Crippen LogP) is 6.72. The van der Waals surface area contributed by atoms with Gasteiger partial charge in [0.2, 0.25) is 5.82 Å². The number of halogens is 4. The summed E-state index contributed by atoms with van der Waals surface area (Å²) in [5, 5.41) is 13.3. The third-order valence-corrected chi connectivity index (χ3v) is 7.68. The maximum absolute atomic E-state index is 14.7. The van der Waals surface area contributed by atoms with Crippen LogP contribution in [-0.2, 0) is 24.1 Å². The number of aliphatic carboxylic acids is 1. The highest BCUT2D eigenvalue weighted by Crippen LogP contribution is 2.39. The fourth-order valence-corrected chi connectivity index (χ4v) is 5.42. The molecule has 6 nitrogen and oxygen atoms in total. The fraction of sp³-hybridized carbons (Fsp3) is 0.276. The first-order valence-electron chi connectivity index (χ1n) is 12.5. The molecule has 3 aromatic carbocycles. The van der Waals surface area contributed by atoms with Crippen LogP contribution in [0.1, 0.15) is 35.1 Å². The fourth-order valence-electron chi connectivity index (χ4n) is 5.42. The second-order valence-electron chi connectivity index (χ2n) is 10.2. The van der Waals surface area contributed by atoms with Gasteiger partial charge in [0.15, 0.2) is 0 Å². The maximum Gasteiger partial charge on any atom is 0.419 e. The second-order valence-corrected chi connectivity index (χ2v) is 10.2. The first kappa shape index (κ1) is 25.2. The van der Waals surface area contributed by atoms with Crippen LogP contribution >= 0.6 is 0 Å². The Balaban J connectivity index is 1.21. The van der Waals surface area contributed by atoms with Crippen molar-refractivity contribution in [3.63, 3.8) is 0 Å². The molecule has 0 radical (unpaired) electrons. The Morgan fingerprint density at radius 1 is 1.00 bits per heavy atom. The summed E-state index contributed by atoms with van der Waals surface area (Å²) < 4.78 is 59.7. The molecule has 4 aromatic rings. The zero-order chi connectivity index (χ0) is 27.5. The molecule has 0 amide bonds. The van der Waals surface area contributed by atoms with Gasteiger partial charge in [0.05, 0.1) is 11.5 Å². The normalized spacial score (nSPS) is 19.1. The molecule has 1 aliphatic carbocycles. The number of carbonyl (C=O) groups is 1. The summed E-state index contributed by atoms with van der Waals surface area (Å²) in [6.07, 6.45) is -3.45. The van der Waals surface area contributed by atoms with Gasteiger partial charge < -0.3 is 9.63 Å². The quantitative estimate of drug-likeness (QED) is 0.285. The van der Waals surface area contributed by atoms with Crippen molar-refractivity contribution < 1.29 is 32.0 Å². The average molecular weight is 538 g/mol. The smallest absolute Gasteiger partial charge is 0.419 e. The van der Waals surface area contributed by atoms with Crippen LogP contribution in [0.4, 0.5) is 17.6 Å². The lowest BCUT2D eigenvalue weighted by atomic mass is 9.79. The van der Waals surface area contributed by atoms with Crippen LogP contribution in [0.25, 0.3) is 34.0 Å². The molecule has 1 fully saturated rings. The van der Waals surface area contributed by atoms with E-state index in [1.807, 2.05) is 18.2 Å². The van der Waals surface area contributed by atoms with E-state index in [-0.39, 0.29) is 23.4 Å². The molecule has 2 aliphatic rings. The van der Waals surface area contributed by atoms with Crippen LogP contribution in [0.5, 0.6) is 0 Å². The van der Waals surface area contributed by atoms with Crippen LogP contribution < -0.4 is 0 Å². The molecule has 2 heterocycles. The number of aromatic nitrogens is 2. The molecule has 1 N–H and O–H groups in total. The summed E-state index contributed by atoms with van der Waals surface area (Å²) in [6.45, 7) is 3.20. The van der Waals surface area contributed by atoms with E-state index in [1.165, 1.54) is 17.7 Å². The van der Waals surface area contributed by atoms with E-state index < -0.39 is 23.5 Å². The lowest BCUT2D eigenvalue weighted by molar-refractivity contribution is -0.147. The van der Waals surface area contributed by atoms with Crippen molar-refractivity contribution in [2.45, 2.75) is 45.1 Å². The Hall–Kier alpha value is -4.05. The minimum absolute atomic E-state index is 0.132. The van der Waals surface area contributed by atoms with E-state index in [2.05, 4.69) is 15.0 Å². The van der Waals surface area contributed by atoms with Crippen LogP contribution in [0, 0.1) is 18.7 Å². The lowest BCUT2D eigenvalue weighted by Gasteiger charge is -2.39. The first-order chi connectivity index (χ1) is 18.6. The van der Waals surface area contributed by atoms with Gasteiger partial charge in [0.1, 0.15) is 5.82 Å². The zero-order valence-corrected chi connectivity index (χ0v) is 20.8. The molecule has 1 aromatic heterocycles. The van der Waals surface area contributed by atoms with Gasteiger partial charge >= 0.3 is 12.1 Å². The third-order valence-electron chi connectivity index (χ3n) is 7.68. The number of aryl methyl sites for hydroxylation is 1. The number of hydrogen-bond donors (Lipinski definition) is 1. The minimum atomic E-state index is -4.79. The standard InChI is InChI=1S/C29H23F4N3O3/c1-15-9-17(7-8-22(15)23-3-2-4-24(25(23)30)29(31,32)33)27-34-26(35-39-27)16-5-6-18-13-36(14-20(18)10-16)21-11-19(12-21)28(37)38/h2-10,19,21H,11-14H2,1H3,(H,37,38). The van der Waals surface area contributed by atoms with E-state index in [1.54, 1.807) is 25.1 Å². The highest BCUT2D eigenvalue weighted by molar-refractivity contribution is 5.73. The number of hydrogen-bond acceptors (Lipinski definition) is 5. The van der Waals surface area contributed by atoms with Gasteiger partial charge in [-0.05, 0) is 66.3 Å². The molecular weight excluding hydrogens is 514 g/mol. The third kappa shape index (κ3) is 4.58. The molecule has 0 saturated heterocycles. The average Bonchev–Trinajstić information content (AvgIpc) is 3.49.